The van der Waals surface area contributed by atoms with E-state index in [9.17, 15) is 14.4 Å². The molecule has 2 heterocycles. The Balaban J connectivity index is 1.92. The number of para-hydroxylation sites is 2. The van der Waals surface area contributed by atoms with E-state index in [1.165, 1.54) is 6.20 Å². The Kier molecular flexibility index (Phi) is 2.86. The van der Waals surface area contributed by atoms with Crippen LogP contribution in [0.25, 0.3) is 11.0 Å². The average molecular weight is 270 g/mol. The third kappa shape index (κ3) is 2.20. The molecule has 0 spiro atoms. The molecule has 100 valence electrons. The number of aromatic nitrogens is 2. The predicted molar refractivity (Wildman–Crippen MR) is 68.6 cm³/mol. The first-order chi connectivity index (χ1) is 9.63. The maximum Gasteiger partial charge on any atom is 0.275 e. The van der Waals surface area contributed by atoms with Crippen molar-refractivity contribution in [3.63, 3.8) is 0 Å². The van der Waals surface area contributed by atoms with E-state index in [-0.39, 0.29) is 18.8 Å². The van der Waals surface area contributed by atoms with Crippen LogP contribution in [-0.2, 0) is 9.59 Å². The van der Waals surface area contributed by atoms with Gasteiger partial charge < -0.3 is 4.90 Å². The molecule has 0 radical (unpaired) electrons. The van der Waals surface area contributed by atoms with Gasteiger partial charge in [0.15, 0.2) is 0 Å². The number of nitrogens with one attached hydrogen (secondary N) is 1. The molecule has 3 rings (SSSR count). The van der Waals surface area contributed by atoms with Crippen molar-refractivity contribution in [2.24, 2.45) is 0 Å². The smallest absolute Gasteiger partial charge is 0.275 e. The number of hydrogen-bond acceptors (Lipinski definition) is 5. The fourth-order valence-electron chi connectivity index (χ4n) is 2.00. The zero-order chi connectivity index (χ0) is 14.1. The summed E-state index contributed by atoms with van der Waals surface area (Å²) in [5.41, 5.74) is 1.38. The minimum atomic E-state index is -0.497. The quantitative estimate of drug-likeness (QED) is 0.720. The molecule has 7 heteroatoms. The summed E-state index contributed by atoms with van der Waals surface area (Å²) >= 11 is 0. The van der Waals surface area contributed by atoms with Gasteiger partial charge in [-0.25, -0.2) is 4.98 Å². The van der Waals surface area contributed by atoms with Gasteiger partial charge in [0, 0.05) is 0 Å². The third-order valence-corrected chi connectivity index (χ3v) is 2.90. The van der Waals surface area contributed by atoms with Crippen molar-refractivity contribution in [2.75, 3.05) is 13.1 Å². The van der Waals surface area contributed by atoms with Crippen molar-refractivity contribution < 1.29 is 14.4 Å². The topological polar surface area (TPSA) is 92.3 Å². The number of benzene rings is 1. The highest BCUT2D eigenvalue weighted by molar-refractivity contribution is 6.05. The van der Waals surface area contributed by atoms with Crippen LogP contribution < -0.4 is 5.32 Å². The van der Waals surface area contributed by atoms with Crippen LogP contribution in [-0.4, -0.2) is 45.7 Å². The number of piperazine rings is 1. The Morgan fingerprint density at radius 3 is 2.45 bits per heavy atom. The Bertz CT molecular complexity index is 712. The summed E-state index contributed by atoms with van der Waals surface area (Å²) in [4.78, 5) is 44.3. The molecule has 0 atom stereocenters. The second-order valence-electron chi connectivity index (χ2n) is 4.38. The lowest BCUT2D eigenvalue weighted by Gasteiger charge is -2.24. The van der Waals surface area contributed by atoms with Gasteiger partial charge in [0.05, 0.1) is 17.2 Å². The lowest BCUT2D eigenvalue weighted by molar-refractivity contribution is -0.135. The van der Waals surface area contributed by atoms with E-state index in [4.69, 9.17) is 0 Å². The van der Waals surface area contributed by atoms with Crippen LogP contribution in [0.2, 0.25) is 0 Å². The van der Waals surface area contributed by atoms with Crippen LogP contribution in [0.15, 0.2) is 30.5 Å². The Labute approximate surface area is 113 Å². The van der Waals surface area contributed by atoms with Crippen LogP contribution in [0.3, 0.4) is 0 Å². The average Bonchev–Trinajstić information content (AvgIpc) is 2.45. The molecule has 1 aliphatic rings. The standard InChI is InChI=1S/C13H10N4O3/c18-11-6-17(7-12(19)16-11)13(20)10-5-14-8-3-1-2-4-9(8)15-10/h1-5H,6-7H2,(H,16,18,19). The Hall–Kier alpha value is -2.83. The van der Waals surface area contributed by atoms with Gasteiger partial charge in [0.25, 0.3) is 5.91 Å². The molecule has 1 aliphatic heterocycles. The minimum absolute atomic E-state index is 0.117. The third-order valence-electron chi connectivity index (χ3n) is 2.90. The van der Waals surface area contributed by atoms with Crippen LogP contribution in [0.1, 0.15) is 10.5 Å². The summed E-state index contributed by atoms with van der Waals surface area (Å²) in [6.07, 6.45) is 1.35. The molecule has 1 saturated heterocycles. The lowest BCUT2D eigenvalue weighted by Crippen LogP contribution is -2.53. The molecule has 7 nitrogen and oxygen atoms in total. The SMILES string of the molecule is O=C1CN(C(=O)c2cnc3ccccc3n2)CC(=O)N1. The first kappa shape index (κ1) is 12.2. The molecule has 0 unspecified atom stereocenters. The normalized spacial score (nSPS) is 15.3. The van der Waals surface area contributed by atoms with E-state index >= 15 is 0 Å². The summed E-state index contributed by atoms with van der Waals surface area (Å²) in [6, 6.07) is 7.15. The van der Waals surface area contributed by atoms with E-state index in [0.717, 1.165) is 4.90 Å². The molecule has 1 N–H and O–H groups in total. The Morgan fingerprint density at radius 1 is 1.10 bits per heavy atom. The molecule has 1 fully saturated rings. The summed E-state index contributed by atoms with van der Waals surface area (Å²) < 4.78 is 0. The van der Waals surface area contributed by atoms with Gasteiger partial charge in [-0.15, -0.1) is 0 Å². The fourth-order valence-corrected chi connectivity index (χ4v) is 2.00. The number of amides is 3. The molecule has 3 amide bonds. The summed E-state index contributed by atoms with van der Waals surface area (Å²) in [5, 5.41) is 2.14. The first-order valence-electron chi connectivity index (χ1n) is 5.97. The largest absolute Gasteiger partial charge is 0.319 e. The zero-order valence-corrected chi connectivity index (χ0v) is 10.4. The van der Waals surface area contributed by atoms with E-state index in [2.05, 4.69) is 15.3 Å². The monoisotopic (exact) mass is 270 g/mol. The molecular weight excluding hydrogens is 260 g/mol. The number of imide groups is 1. The van der Waals surface area contributed by atoms with Crippen molar-refractivity contribution >= 4 is 28.8 Å². The zero-order valence-electron chi connectivity index (χ0n) is 10.4. The summed E-state index contributed by atoms with van der Waals surface area (Å²) in [6.45, 7) is -0.307. The van der Waals surface area contributed by atoms with Gasteiger partial charge in [-0.3, -0.25) is 24.7 Å². The van der Waals surface area contributed by atoms with E-state index < -0.39 is 17.7 Å². The van der Waals surface area contributed by atoms with Gasteiger partial charge in [0.2, 0.25) is 11.8 Å². The molecular formula is C13H10N4O3. The van der Waals surface area contributed by atoms with Crippen LogP contribution in [0, 0.1) is 0 Å². The Morgan fingerprint density at radius 2 is 1.75 bits per heavy atom. The number of nitrogens with zero attached hydrogens (tertiary/aromatic N) is 3. The number of rotatable bonds is 1. The molecule has 20 heavy (non-hydrogen) atoms. The minimum Gasteiger partial charge on any atom is -0.319 e. The van der Waals surface area contributed by atoms with Crippen LogP contribution >= 0.6 is 0 Å². The highest BCUT2D eigenvalue weighted by Gasteiger charge is 2.27. The number of fused-ring (bicyclic) bond motifs is 1. The number of carbonyl (C=O) groups is 3. The first-order valence-corrected chi connectivity index (χ1v) is 5.97. The lowest BCUT2D eigenvalue weighted by atomic mass is 10.2. The molecule has 0 bridgehead atoms. The van der Waals surface area contributed by atoms with Crippen LogP contribution in [0.4, 0.5) is 0 Å². The van der Waals surface area contributed by atoms with Gasteiger partial charge in [-0.05, 0) is 12.1 Å². The van der Waals surface area contributed by atoms with Gasteiger partial charge in [-0.2, -0.15) is 0 Å². The van der Waals surface area contributed by atoms with Crippen molar-refractivity contribution in [1.82, 2.24) is 20.2 Å². The maximum absolute atomic E-state index is 12.2. The maximum atomic E-state index is 12.2. The number of hydrogen-bond donors (Lipinski definition) is 1. The molecule has 2 aromatic rings. The fraction of sp³-hybridized carbons (Fsp3) is 0.154. The number of carbonyl (C=O) groups excluding carboxylic acids is 3. The molecule has 1 aromatic carbocycles. The predicted octanol–water partition coefficient (Wildman–Crippen LogP) is -0.272. The van der Waals surface area contributed by atoms with E-state index in [1.54, 1.807) is 18.2 Å². The van der Waals surface area contributed by atoms with Gasteiger partial charge in [0.1, 0.15) is 18.8 Å². The van der Waals surface area contributed by atoms with Crippen molar-refractivity contribution in [3.05, 3.63) is 36.2 Å². The highest BCUT2D eigenvalue weighted by atomic mass is 16.2. The molecule has 0 aliphatic carbocycles. The van der Waals surface area contributed by atoms with Gasteiger partial charge >= 0.3 is 0 Å². The van der Waals surface area contributed by atoms with Crippen molar-refractivity contribution in [1.29, 1.82) is 0 Å². The highest BCUT2D eigenvalue weighted by Crippen LogP contribution is 2.10. The molecule has 0 saturated carbocycles. The second kappa shape index (κ2) is 4.69. The van der Waals surface area contributed by atoms with Crippen molar-refractivity contribution in [2.45, 2.75) is 0 Å². The van der Waals surface area contributed by atoms with Gasteiger partial charge in [-0.1, -0.05) is 12.1 Å². The van der Waals surface area contributed by atoms with E-state index in [1.807, 2.05) is 6.07 Å². The summed E-state index contributed by atoms with van der Waals surface area (Å²) in [5.74, 6) is -1.47. The summed E-state index contributed by atoms with van der Waals surface area (Å²) in [7, 11) is 0. The molecule has 1 aromatic heterocycles. The van der Waals surface area contributed by atoms with Crippen molar-refractivity contribution in [3.8, 4) is 0 Å². The van der Waals surface area contributed by atoms with E-state index in [0.29, 0.717) is 11.0 Å². The van der Waals surface area contributed by atoms with Crippen LogP contribution in [0.5, 0.6) is 0 Å². The second-order valence-corrected chi connectivity index (χ2v) is 4.38.